The molecule has 3 rings (SSSR count). The highest BCUT2D eigenvalue weighted by Gasteiger charge is 2.44. The molecule has 2 heterocycles. The first-order chi connectivity index (χ1) is 14.9. The Morgan fingerprint density at radius 2 is 2.10 bits per heavy atom. The van der Waals surface area contributed by atoms with Crippen LogP contribution >= 0.6 is 0 Å². The van der Waals surface area contributed by atoms with E-state index in [0.29, 0.717) is 36.8 Å². The molecule has 0 saturated heterocycles. The monoisotopic (exact) mass is 426 g/mol. The van der Waals surface area contributed by atoms with Gasteiger partial charge < -0.3 is 28.8 Å². The van der Waals surface area contributed by atoms with Gasteiger partial charge in [-0.25, -0.2) is 0 Å². The fraction of sp³-hybridized carbons (Fsp3) is 0.304. The maximum absolute atomic E-state index is 13.1. The van der Waals surface area contributed by atoms with Crippen molar-refractivity contribution in [3.05, 3.63) is 71.9 Å². The second kappa shape index (κ2) is 9.53. The number of hydrogen-bond donors (Lipinski definition) is 1. The number of benzene rings is 1. The summed E-state index contributed by atoms with van der Waals surface area (Å²) in [4.78, 5) is 29.4. The van der Waals surface area contributed by atoms with Crippen LogP contribution in [0.4, 0.5) is 0 Å². The van der Waals surface area contributed by atoms with Crippen LogP contribution in [0.5, 0.6) is 11.5 Å². The molecule has 1 aliphatic rings. The Morgan fingerprint density at radius 1 is 1.32 bits per heavy atom. The molecule has 0 radical (unpaired) electrons. The molecule has 0 bridgehead atoms. The van der Waals surface area contributed by atoms with Crippen LogP contribution < -0.4 is 9.47 Å². The van der Waals surface area contributed by atoms with Gasteiger partial charge in [0, 0.05) is 13.1 Å². The molecule has 8 heteroatoms. The van der Waals surface area contributed by atoms with E-state index >= 15 is 0 Å². The van der Waals surface area contributed by atoms with Crippen LogP contribution in [0.15, 0.2) is 65.0 Å². The smallest absolute Gasteiger partial charge is 0.290 e. The SMILES string of the molecule is C=CCOc1ccc(C2C(C(=O)c3ccco3)=C(O)C(=O)N2CCN(C)C)cc1OC. The summed E-state index contributed by atoms with van der Waals surface area (Å²) >= 11 is 0. The molecule has 0 saturated carbocycles. The predicted molar refractivity (Wildman–Crippen MR) is 114 cm³/mol. The third kappa shape index (κ3) is 4.49. The van der Waals surface area contributed by atoms with E-state index in [9.17, 15) is 14.7 Å². The average molecular weight is 426 g/mol. The van der Waals surface area contributed by atoms with E-state index in [4.69, 9.17) is 13.9 Å². The van der Waals surface area contributed by atoms with Gasteiger partial charge in [0.25, 0.3) is 5.91 Å². The highest BCUT2D eigenvalue weighted by molar-refractivity contribution is 6.15. The van der Waals surface area contributed by atoms with E-state index in [1.165, 1.54) is 24.3 Å². The lowest BCUT2D eigenvalue weighted by Crippen LogP contribution is -2.36. The minimum absolute atomic E-state index is 0.0273. The number of carbonyl (C=O) groups is 2. The maximum atomic E-state index is 13.1. The summed E-state index contributed by atoms with van der Waals surface area (Å²) in [7, 11) is 5.27. The predicted octanol–water partition coefficient (Wildman–Crippen LogP) is 2.99. The van der Waals surface area contributed by atoms with Crippen LogP contribution in [0.2, 0.25) is 0 Å². The molecule has 1 aliphatic heterocycles. The number of amides is 1. The minimum atomic E-state index is -0.799. The largest absolute Gasteiger partial charge is 0.503 e. The van der Waals surface area contributed by atoms with Crippen LogP contribution in [0.25, 0.3) is 0 Å². The first-order valence-corrected chi connectivity index (χ1v) is 9.77. The first-order valence-electron chi connectivity index (χ1n) is 9.77. The van der Waals surface area contributed by atoms with Gasteiger partial charge in [-0.15, -0.1) is 0 Å². The molecular weight excluding hydrogens is 400 g/mol. The zero-order valence-electron chi connectivity index (χ0n) is 17.8. The van der Waals surface area contributed by atoms with Crippen molar-refractivity contribution in [2.45, 2.75) is 6.04 Å². The highest BCUT2D eigenvalue weighted by atomic mass is 16.5. The summed E-state index contributed by atoms with van der Waals surface area (Å²) in [5.74, 6) is -0.729. The molecule has 1 N–H and O–H groups in total. The fourth-order valence-corrected chi connectivity index (χ4v) is 3.43. The van der Waals surface area contributed by atoms with E-state index in [2.05, 4.69) is 6.58 Å². The fourth-order valence-electron chi connectivity index (χ4n) is 3.43. The molecule has 1 aromatic carbocycles. The van der Waals surface area contributed by atoms with Crippen molar-refractivity contribution in [1.82, 2.24) is 9.80 Å². The number of furan rings is 1. The van der Waals surface area contributed by atoms with Crippen LogP contribution in [-0.2, 0) is 4.79 Å². The summed E-state index contributed by atoms with van der Waals surface area (Å²) in [5.41, 5.74) is 0.578. The number of aliphatic hydroxyl groups excluding tert-OH is 1. The molecule has 31 heavy (non-hydrogen) atoms. The van der Waals surface area contributed by atoms with Gasteiger partial charge in [-0.3, -0.25) is 9.59 Å². The molecular formula is C23H26N2O6. The Labute approximate surface area is 181 Å². The van der Waals surface area contributed by atoms with Crippen LogP contribution in [-0.4, -0.2) is 67.5 Å². The maximum Gasteiger partial charge on any atom is 0.290 e. The minimum Gasteiger partial charge on any atom is -0.503 e. The van der Waals surface area contributed by atoms with Gasteiger partial charge in [-0.2, -0.15) is 0 Å². The number of ketones is 1. The molecule has 1 atom stereocenters. The number of nitrogens with zero attached hydrogens (tertiary/aromatic N) is 2. The zero-order chi connectivity index (χ0) is 22.5. The standard InChI is InChI=1S/C23H26N2O6/c1-5-12-30-16-9-8-15(14-18(16)29-4)20-19(21(26)17-7-6-13-31-17)22(27)23(28)25(20)11-10-24(2)3/h5-9,13-14,20,27H,1,10-12H2,2-4H3. The number of ether oxygens (including phenoxy) is 2. The lowest BCUT2D eigenvalue weighted by atomic mass is 9.94. The Kier molecular flexibility index (Phi) is 6.81. The van der Waals surface area contributed by atoms with Crippen LogP contribution in [0, 0.1) is 0 Å². The van der Waals surface area contributed by atoms with E-state index < -0.39 is 23.5 Å². The van der Waals surface area contributed by atoms with Crippen molar-refractivity contribution in [2.75, 3.05) is 40.9 Å². The van der Waals surface area contributed by atoms with Crippen molar-refractivity contribution >= 4 is 11.7 Å². The summed E-state index contributed by atoms with van der Waals surface area (Å²) < 4.78 is 16.3. The molecule has 0 fully saturated rings. The second-order valence-corrected chi connectivity index (χ2v) is 7.28. The molecule has 8 nitrogen and oxygen atoms in total. The number of Topliss-reactive ketones (excluding diaryl/α,β-unsaturated/α-hetero) is 1. The molecule has 1 amide bonds. The summed E-state index contributed by atoms with van der Waals surface area (Å²) in [6.45, 7) is 4.80. The molecule has 164 valence electrons. The molecule has 0 spiro atoms. The topological polar surface area (TPSA) is 92.5 Å². The van der Waals surface area contributed by atoms with Crippen molar-refractivity contribution < 1.29 is 28.6 Å². The Hall–Kier alpha value is -3.52. The third-order valence-corrected chi connectivity index (χ3v) is 4.94. The van der Waals surface area contributed by atoms with Gasteiger partial charge in [-0.1, -0.05) is 18.7 Å². The van der Waals surface area contributed by atoms with Crippen molar-refractivity contribution in [3.63, 3.8) is 0 Å². The van der Waals surface area contributed by atoms with Gasteiger partial charge in [0.2, 0.25) is 5.78 Å². The Morgan fingerprint density at radius 3 is 2.71 bits per heavy atom. The number of hydrogen-bond acceptors (Lipinski definition) is 7. The second-order valence-electron chi connectivity index (χ2n) is 7.28. The quantitative estimate of drug-likeness (QED) is 0.461. The van der Waals surface area contributed by atoms with Crippen molar-refractivity contribution in [2.24, 2.45) is 0 Å². The number of rotatable bonds is 10. The Bertz CT molecular complexity index is 994. The normalized spacial score (nSPS) is 16.2. The van der Waals surface area contributed by atoms with Crippen LogP contribution in [0.1, 0.15) is 22.2 Å². The number of likely N-dealkylation sites (N-methyl/N-ethyl adjacent to an activating group) is 1. The lowest BCUT2D eigenvalue weighted by molar-refractivity contribution is -0.129. The van der Waals surface area contributed by atoms with E-state index in [1.807, 2.05) is 19.0 Å². The summed E-state index contributed by atoms with van der Waals surface area (Å²) in [5, 5.41) is 10.6. The van der Waals surface area contributed by atoms with Gasteiger partial charge in [0.05, 0.1) is 25.0 Å². The zero-order valence-corrected chi connectivity index (χ0v) is 17.8. The van der Waals surface area contributed by atoms with Gasteiger partial charge >= 0.3 is 0 Å². The van der Waals surface area contributed by atoms with Crippen LogP contribution in [0.3, 0.4) is 0 Å². The van der Waals surface area contributed by atoms with E-state index in [1.54, 1.807) is 30.3 Å². The number of methoxy groups -OCH3 is 1. The van der Waals surface area contributed by atoms with Gasteiger partial charge in [-0.05, 0) is 43.9 Å². The summed E-state index contributed by atoms with van der Waals surface area (Å²) in [6, 6.07) is 7.43. The highest BCUT2D eigenvalue weighted by Crippen LogP contribution is 2.41. The lowest BCUT2D eigenvalue weighted by Gasteiger charge is -2.28. The van der Waals surface area contributed by atoms with E-state index in [-0.39, 0.29) is 11.3 Å². The van der Waals surface area contributed by atoms with Crippen molar-refractivity contribution in [3.8, 4) is 11.5 Å². The first kappa shape index (κ1) is 22.2. The molecule has 1 unspecified atom stereocenters. The third-order valence-electron chi connectivity index (χ3n) is 4.94. The van der Waals surface area contributed by atoms with Gasteiger partial charge in [0.1, 0.15) is 6.61 Å². The number of carbonyl (C=O) groups excluding carboxylic acids is 2. The summed E-state index contributed by atoms with van der Waals surface area (Å²) in [6.07, 6.45) is 2.99. The number of aliphatic hydroxyl groups is 1. The Balaban J connectivity index is 2.07. The molecule has 0 aliphatic carbocycles. The molecule has 2 aromatic rings. The molecule has 1 aromatic heterocycles. The van der Waals surface area contributed by atoms with Gasteiger partial charge in [0.15, 0.2) is 23.0 Å². The van der Waals surface area contributed by atoms with Crippen molar-refractivity contribution in [1.29, 1.82) is 0 Å². The van der Waals surface area contributed by atoms with E-state index in [0.717, 1.165) is 0 Å². The average Bonchev–Trinajstić information content (AvgIpc) is 3.38.